The molecule has 11 heteroatoms. The van der Waals surface area contributed by atoms with E-state index < -0.39 is 17.6 Å². The van der Waals surface area contributed by atoms with Gasteiger partial charge in [0.2, 0.25) is 5.91 Å². The Bertz CT molecular complexity index is 1100. The average molecular weight is 563 g/mol. The van der Waals surface area contributed by atoms with E-state index in [2.05, 4.69) is 0 Å². The number of halogens is 6. The van der Waals surface area contributed by atoms with Gasteiger partial charge in [-0.25, -0.2) is 4.39 Å². The summed E-state index contributed by atoms with van der Waals surface area (Å²) in [6.07, 6.45) is -4.75. The lowest BCUT2D eigenvalue weighted by atomic mass is 9.93. The standard InChI is InChI=1S/C26H32Cl2F4N4O/c1-33(2)9-10-34(3)16-25(37)36-14-19(18-6-8-21(27)22(28)12-18)24(15-36)35(4)13-17-5-7-20(23(29)11-17)26(30,31)32/h5-8,11-12,19,24H,9-10,13-16H2,1-4H3/t19-,24-/m1/s1. The smallest absolute Gasteiger partial charge is 0.339 e. The highest BCUT2D eigenvalue weighted by molar-refractivity contribution is 6.42. The van der Waals surface area contributed by atoms with E-state index in [9.17, 15) is 22.4 Å². The molecule has 0 bridgehead atoms. The third-order valence-electron chi connectivity index (χ3n) is 6.68. The van der Waals surface area contributed by atoms with Crippen LogP contribution in [0.25, 0.3) is 0 Å². The summed E-state index contributed by atoms with van der Waals surface area (Å²) >= 11 is 12.4. The van der Waals surface area contributed by atoms with E-state index in [0.717, 1.165) is 30.8 Å². The zero-order valence-electron chi connectivity index (χ0n) is 21.3. The second-order valence-corrected chi connectivity index (χ2v) is 10.7. The number of amides is 1. The number of likely N-dealkylation sites (N-methyl/N-ethyl adjacent to an activating group) is 3. The predicted octanol–water partition coefficient (Wildman–Crippen LogP) is 5.07. The Morgan fingerprint density at radius 3 is 2.30 bits per heavy atom. The molecule has 5 nitrogen and oxygen atoms in total. The van der Waals surface area contributed by atoms with Gasteiger partial charge in [-0.1, -0.05) is 35.3 Å². The van der Waals surface area contributed by atoms with Crippen molar-refractivity contribution in [1.82, 2.24) is 19.6 Å². The van der Waals surface area contributed by atoms with Crippen LogP contribution in [0.1, 0.15) is 22.6 Å². The Kier molecular flexibility index (Phi) is 9.85. The molecule has 2 aromatic carbocycles. The molecule has 1 fully saturated rings. The van der Waals surface area contributed by atoms with Crippen molar-refractivity contribution in [3.05, 3.63) is 69.0 Å². The molecule has 1 amide bonds. The molecule has 0 spiro atoms. The molecule has 204 valence electrons. The fourth-order valence-corrected chi connectivity index (χ4v) is 4.89. The van der Waals surface area contributed by atoms with Crippen molar-refractivity contribution in [3.63, 3.8) is 0 Å². The van der Waals surface area contributed by atoms with Crippen LogP contribution in [-0.2, 0) is 17.5 Å². The minimum absolute atomic E-state index is 0.0113. The van der Waals surface area contributed by atoms with Gasteiger partial charge in [-0.3, -0.25) is 14.6 Å². The van der Waals surface area contributed by atoms with Gasteiger partial charge in [0.05, 0.1) is 22.2 Å². The average Bonchev–Trinajstić information content (AvgIpc) is 3.24. The normalized spacial score (nSPS) is 18.5. The van der Waals surface area contributed by atoms with Crippen LogP contribution in [-0.4, -0.2) is 92.5 Å². The first kappa shape index (κ1) is 29.6. The molecule has 3 rings (SSSR count). The number of benzene rings is 2. The molecule has 0 saturated carbocycles. The summed E-state index contributed by atoms with van der Waals surface area (Å²) in [6, 6.07) is 8.17. The number of hydrogen-bond acceptors (Lipinski definition) is 4. The largest absolute Gasteiger partial charge is 0.419 e. The number of nitrogens with zero attached hydrogens (tertiary/aromatic N) is 4. The SMILES string of the molecule is CN(C)CCN(C)CC(=O)N1C[C@H](c2ccc(Cl)c(Cl)c2)[C@H](N(C)Cc2ccc(C(F)(F)F)c(F)c2)C1. The predicted molar refractivity (Wildman–Crippen MR) is 138 cm³/mol. The lowest BCUT2D eigenvalue weighted by molar-refractivity contribution is -0.140. The van der Waals surface area contributed by atoms with E-state index in [1.807, 2.05) is 49.0 Å². The van der Waals surface area contributed by atoms with E-state index in [1.165, 1.54) is 6.07 Å². The molecule has 0 aromatic heterocycles. The van der Waals surface area contributed by atoms with Crippen LogP contribution in [0.3, 0.4) is 0 Å². The van der Waals surface area contributed by atoms with Gasteiger partial charge >= 0.3 is 6.18 Å². The van der Waals surface area contributed by atoms with Gasteiger partial charge in [0.25, 0.3) is 0 Å². The Morgan fingerprint density at radius 1 is 1.00 bits per heavy atom. The van der Waals surface area contributed by atoms with Gasteiger partial charge in [0.1, 0.15) is 5.82 Å². The van der Waals surface area contributed by atoms with E-state index >= 15 is 0 Å². The Labute approximate surface area is 225 Å². The summed E-state index contributed by atoms with van der Waals surface area (Å²) in [5.41, 5.74) is 0.0267. The molecular formula is C26H32Cl2F4N4O. The minimum atomic E-state index is -4.75. The molecule has 1 heterocycles. The third kappa shape index (κ3) is 7.80. The van der Waals surface area contributed by atoms with Crippen LogP contribution >= 0.6 is 23.2 Å². The molecule has 1 saturated heterocycles. The van der Waals surface area contributed by atoms with Crippen molar-refractivity contribution >= 4 is 29.1 Å². The minimum Gasteiger partial charge on any atom is -0.339 e. The number of carbonyl (C=O) groups is 1. The first-order valence-electron chi connectivity index (χ1n) is 11.9. The fraction of sp³-hybridized carbons (Fsp3) is 0.500. The van der Waals surface area contributed by atoms with Gasteiger partial charge in [-0.15, -0.1) is 0 Å². The summed E-state index contributed by atoms with van der Waals surface area (Å²) in [7, 11) is 7.67. The van der Waals surface area contributed by atoms with E-state index in [1.54, 1.807) is 17.0 Å². The lowest BCUT2D eigenvalue weighted by Crippen LogP contribution is -2.41. The van der Waals surface area contributed by atoms with E-state index in [-0.39, 0.29) is 31.0 Å². The van der Waals surface area contributed by atoms with Crippen molar-refractivity contribution in [3.8, 4) is 0 Å². The topological polar surface area (TPSA) is 30.0 Å². The number of rotatable bonds is 9. The maximum absolute atomic E-state index is 14.2. The number of carbonyl (C=O) groups excluding carboxylic acids is 1. The number of alkyl halides is 3. The fourth-order valence-electron chi connectivity index (χ4n) is 4.58. The van der Waals surface area contributed by atoms with E-state index in [0.29, 0.717) is 28.7 Å². The molecule has 0 radical (unpaired) electrons. The molecule has 1 aliphatic heterocycles. The van der Waals surface area contributed by atoms with Crippen LogP contribution in [0.4, 0.5) is 17.6 Å². The zero-order valence-corrected chi connectivity index (χ0v) is 22.8. The van der Waals surface area contributed by atoms with Crippen LogP contribution in [0.2, 0.25) is 10.0 Å². The second-order valence-electron chi connectivity index (χ2n) is 9.91. The molecule has 0 N–H and O–H groups in total. The van der Waals surface area contributed by atoms with Gasteiger partial charge in [0, 0.05) is 44.7 Å². The summed E-state index contributed by atoms with van der Waals surface area (Å²) in [5.74, 6) is -1.43. The maximum atomic E-state index is 14.2. The Balaban J connectivity index is 1.80. The van der Waals surface area contributed by atoms with Crippen molar-refractivity contribution < 1.29 is 22.4 Å². The van der Waals surface area contributed by atoms with E-state index in [4.69, 9.17) is 23.2 Å². The molecule has 0 aliphatic carbocycles. The van der Waals surface area contributed by atoms with Crippen LogP contribution < -0.4 is 0 Å². The summed E-state index contributed by atoms with van der Waals surface area (Å²) in [6.45, 7) is 2.92. The van der Waals surface area contributed by atoms with Crippen molar-refractivity contribution in [2.75, 3.05) is 60.9 Å². The highest BCUT2D eigenvalue weighted by Crippen LogP contribution is 2.35. The van der Waals surface area contributed by atoms with Crippen LogP contribution in [0.15, 0.2) is 36.4 Å². The van der Waals surface area contributed by atoms with Gasteiger partial charge in [-0.05, 0) is 63.6 Å². The Morgan fingerprint density at radius 2 is 1.70 bits per heavy atom. The van der Waals surface area contributed by atoms with Crippen molar-refractivity contribution in [2.45, 2.75) is 24.7 Å². The molecule has 2 atom stereocenters. The Hall–Kier alpha value is -1.91. The quantitative estimate of drug-likeness (QED) is 0.399. The van der Waals surface area contributed by atoms with Crippen molar-refractivity contribution in [1.29, 1.82) is 0 Å². The van der Waals surface area contributed by atoms with Gasteiger partial charge < -0.3 is 9.80 Å². The number of likely N-dealkylation sites (tertiary alicyclic amines) is 1. The van der Waals surface area contributed by atoms with Gasteiger partial charge in [-0.2, -0.15) is 13.2 Å². The summed E-state index contributed by atoms with van der Waals surface area (Å²) in [4.78, 5) is 20.9. The highest BCUT2D eigenvalue weighted by Gasteiger charge is 2.39. The van der Waals surface area contributed by atoms with Crippen LogP contribution in [0.5, 0.6) is 0 Å². The first-order valence-corrected chi connectivity index (χ1v) is 12.6. The third-order valence-corrected chi connectivity index (χ3v) is 7.42. The van der Waals surface area contributed by atoms with Crippen LogP contribution in [0, 0.1) is 5.82 Å². The summed E-state index contributed by atoms with van der Waals surface area (Å²) < 4.78 is 53.1. The summed E-state index contributed by atoms with van der Waals surface area (Å²) in [5, 5.41) is 0.822. The highest BCUT2D eigenvalue weighted by atomic mass is 35.5. The maximum Gasteiger partial charge on any atom is 0.419 e. The lowest BCUT2D eigenvalue weighted by Gasteiger charge is -2.29. The second kappa shape index (κ2) is 12.3. The molecule has 37 heavy (non-hydrogen) atoms. The molecular weight excluding hydrogens is 531 g/mol. The first-order chi connectivity index (χ1) is 17.3. The number of hydrogen-bond donors (Lipinski definition) is 0. The monoisotopic (exact) mass is 562 g/mol. The van der Waals surface area contributed by atoms with Gasteiger partial charge in [0.15, 0.2) is 0 Å². The van der Waals surface area contributed by atoms with Crippen molar-refractivity contribution in [2.24, 2.45) is 0 Å². The molecule has 1 aliphatic rings. The molecule has 2 aromatic rings. The zero-order chi connectivity index (χ0) is 27.5. The molecule has 0 unspecified atom stereocenters.